The van der Waals surface area contributed by atoms with Gasteiger partial charge in [-0.15, -0.1) is 0 Å². The quantitative estimate of drug-likeness (QED) is 0.321. The topological polar surface area (TPSA) is 110 Å². The Morgan fingerprint density at radius 1 is 1.15 bits per heavy atom. The highest BCUT2D eigenvalue weighted by Gasteiger charge is 2.59. The third kappa shape index (κ3) is 6.29. The normalized spacial score (nSPS) is 15.1. The average molecular weight is 578 g/mol. The minimum Gasteiger partial charge on any atom is -0.478 e. The number of halogens is 4. The van der Waals surface area contributed by atoms with Crippen molar-refractivity contribution in [2.24, 2.45) is 5.41 Å². The van der Waals surface area contributed by atoms with E-state index in [0.29, 0.717) is 54.9 Å². The Morgan fingerprint density at radius 2 is 1.90 bits per heavy atom. The molecule has 1 fully saturated rings. The summed E-state index contributed by atoms with van der Waals surface area (Å²) < 4.78 is 47.4. The van der Waals surface area contributed by atoms with Crippen LogP contribution in [0.2, 0.25) is 5.02 Å². The number of aromatic amines is 1. The molecule has 8 nitrogen and oxygen atoms in total. The molecule has 0 spiro atoms. The van der Waals surface area contributed by atoms with Crippen LogP contribution in [0.15, 0.2) is 35.3 Å². The average Bonchev–Trinajstić information content (AvgIpc) is 2.93. The Bertz CT molecular complexity index is 1420. The van der Waals surface area contributed by atoms with Crippen molar-refractivity contribution >= 4 is 17.5 Å². The van der Waals surface area contributed by atoms with Crippen molar-refractivity contribution in [3.8, 4) is 28.7 Å². The Balaban J connectivity index is 1.62. The standard InChI is InChI=1S/C28H31ClF3N5O3/c1-3-8-18-14-19(16-33-24(18)40-4-2)22-35-23(37-26(39)36-22)20-13-17(9-10-21(20)29)15-34-25(38)27(28(30,31)32)11-6-5-7-12-27/h9-10,13-14,16H,3-8,11-12,15H2,1-2H3,(H,34,38)(H,35,36,37,39). The SMILES string of the molecule is CCCc1cc(-c2nc(-c3cc(CNC(=O)C4(C(F)(F)F)CCCCC4)ccc3Cl)[nH]c(=O)n2)cnc1OCC. The summed E-state index contributed by atoms with van der Waals surface area (Å²) in [5.41, 5.74) is -0.832. The van der Waals surface area contributed by atoms with Gasteiger partial charge in [0.05, 0.1) is 11.6 Å². The molecule has 2 N–H and O–H groups in total. The molecule has 40 heavy (non-hydrogen) atoms. The van der Waals surface area contributed by atoms with E-state index in [4.69, 9.17) is 16.3 Å². The van der Waals surface area contributed by atoms with Crippen LogP contribution < -0.4 is 15.7 Å². The van der Waals surface area contributed by atoms with E-state index in [2.05, 4.69) is 25.3 Å². The van der Waals surface area contributed by atoms with Gasteiger partial charge >= 0.3 is 11.9 Å². The minimum absolute atomic E-state index is 0.123. The van der Waals surface area contributed by atoms with Crippen molar-refractivity contribution in [2.45, 2.75) is 71.5 Å². The van der Waals surface area contributed by atoms with Crippen LogP contribution in [-0.4, -0.2) is 38.6 Å². The van der Waals surface area contributed by atoms with Crippen LogP contribution in [0.3, 0.4) is 0 Å². The first-order valence-electron chi connectivity index (χ1n) is 13.3. The number of carbonyl (C=O) groups excluding carboxylic acids is 1. The number of pyridine rings is 1. The van der Waals surface area contributed by atoms with Crippen LogP contribution in [-0.2, 0) is 17.8 Å². The molecule has 12 heteroatoms. The number of carbonyl (C=O) groups is 1. The van der Waals surface area contributed by atoms with Crippen LogP contribution in [0.5, 0.6) is 5.88 Å². The summed E-state index contributed by atoms with van der Waals surface area (Å²) in [7, 11) is 0. The van der Waals surface area contributed by atoms with Crippen molar-refractivity contribution in [2.75, 3.05) is 6.61 Å². The molecule has 4 rings (SSSR count). The van der Waals surface area contributed by atoms with Gasteiger partial charge in [0, 0.05) is 29.4 Å². The highest BCUT2D eigenvalue weighted by molar-refractivity contribution is 6.33. The van der Waals surface area contributed by atoms with Gasteiger partial charge in [-0.3, -0.25) is 9.78 Å². The minimum atomic E-state index is -4.63. The van der Waals surface area contributed by atoms with E-state index in [9.17, 15) is 22.8 Å². The van der Waals surface area contributed by atoms with Crippen molar-refractivity contribution in [1.82, 2.24) is 25.3 Å². The van der Waals surface area contributed by atoms with Gasteiger partial charge in [-0.05, 0) is 49.9 Å². The van der Waals surface area contributed by atoms with E-state index in [1.807, 2.05) is 19.9 Å². The molecule has 1 aliphatic rings. The summed E-state index contributed by atoms with van der Waals surface area (Å²) in [5.74, 6) is -0.264. The number of hydrogen-bond acceptors (Lipinski definition) is 6. The largest absolute Gasteiger partial charge is 0.478 e. The molecule has 1 saturated carbocycles. The monoisotopic (exact) mass is 577 g/mol. The van der Waals surface area contributed by atoms with Crippen LogP contribution in [0.1, 0.15) is 63.5 Å². The summed E-state index contributed by atoms with van der Waals surface area (Å²) in [6, 6.07) is 6.54. The first-order chi connectivity index (χ1) is 19.1. The fraction of sp³-hybridized carbons (Fsp3) is 0.464. The molecular formula is C28H31ClF3N5O3. The number of hydrogen-bond donors (Lipinski definition) is 2. The molecular weight excluding hydrogens is 547 g/mol. The molecule has 0 unspecified atom stereocenters. The number of nitrogens with zero attached hydrogens (tertiary/aromatic N) is 3. The second kappa shape index (κ2) is 12.4. The van der Waals surface area contributed by atoms with Gasteiger partial charge in [-0.2, -0.15) is 18.2 Å². The first kappa shape index (κ1) is 29.5. The van der Waals surface area contributed by atoms with Crippen LogP contribution in [0, 0.1) is 5.41 Å². The maximum atomic E-state index is 13.9. The van der Waals surface area contributed by atoms with Gasteiger partial charge in [0.2, 0.25) is 11.8 Å². The lowest BCUT2D eigenvalue weighted by Gasteiger charge is -2.37. The van der Waals surface area contributed by atoms with Gasteiger partial charge < -0.3 is 10.1 Å². The maximum Gasteiger partial charge on any atom is 0.403 e. The number of H-pyrrole nitrogens is 1. The van der Waals surface area contributed by atoms with E-state index in [1.165, 1.54) is 12.3 Å². The third-order valence-electron chi connectivity index (χ3n) is 7.06. The van der Waals surface area contributed by atoms with Gasteiger partial charge in [0.1, 0.15) is 11.2 Å². The zero-order valence-corrected chi connectivity index (χ0v) is 23.1. The Kier molecular flexibility index (Phi) is 9.12. The lowest BCUT2D eigenvalue weighted by atomic mass is 9.72. The Hall–Kier alpha value is -3.47. The van der Waals surface area contributed by atoms with Crippen molar-refractivity contribution < 1.29 is 22.7 Å². The number of aromatic nitrogens is 4. The van der Waals surface area contributed by atoms with Gasteiger partial charge in [0.15, 0.2) is 5.82 Å². The molecule has 1 aromatic carbocycles. The predicted octanol–water partition coefficient (Wildman–Crippen LogP) is 6.03. The predicted molar refractivity (Wildman–Crippen MR) is 145 cm³/mol. The van der Waals surface area contributed by atoms with E-state index < -0.39 is 23.2 Å². The van der Waals surface area contributed by atoms with E-state index in [-0.39, 0.29) is 36.1 Å². The second-order valence-corrected chi connectivity index (χ2v) is 10.2. The zero-order valence-electron chi connectivity index (χ0n) is 22.3. The maximum absolute atomic E-state index is 13.9. The molecule has 3 aromatic rings. The lowest BCUT2D eigenvalue weighted by molar-refractivity contribution is -0.230. The number of nitrogens with one attached hydrogen (secondary N) is 2. The number of benzene rings is 1. The lowest BCUT2D eigenvalue weighted by Crippen LogP contribution is -2.51. The number of alkyl halides is 3. The number of amides is 1. The summed E-state index contributed by atoms with van der Waals surface area (Å²) in [4.78, 5) is 40.7. The van der Waals surface area contributed by atoms with E-state index in [1.54, 1.807) is 12.1 Å². The third-order valence-corrected chi connectivity index (χ3v) is 7.39. The second-order valence-electron chi connectivity index (χ2n) is 9.83. The smallest absolute Gasteiger partial charge is 0.403 e. The molecule has 2 aromatic heterocycles. The number of aryl methyl sites for hydroxylation is 1. The molecule has 2 heterocycles. The van der Waals surface area contributed by atoms with Crippen LogP contribution in [0.4, 0.5) is 13.2 Å². The van der Waals surface area contributed by atoms with Crippen molar-refractivity contribution in [1.29, 1.82) is 0 Å². The molecule has 0 radical (unpaired) electrons. The zero-order chi connectivity index (χ0) is 28.9. The van der Waals surface area contributed by atoms with Crippen LogP contribution >= 0.6 is 11.6 Å². The summed E-state index contributed by atoms with van der Waals surface area (Å²) in [6.07, 6.45) is -0.603. The summed E-state index contributed by atoms with van der Waals surface area (Å²) >= 11 is 6.42. The van der Waals surface area contributed by atoms with Crippen molar-refractivity contribution in [3.05, 3.63) is 57.1 Å². The summed E-state index contributed by atoms with van der Waals surface area (Å²) in [6.45, 7) is 4.21. The van der Waals surface area contributed by atoms with Gasteiger partial charge in [0.25, 0.3) is 0 Å². The van der Waals surface area contributed by atoms with Gasteiger partial charge in [-0.25, -0.2) is 14.8 Å². The van der Waals surface area contributed by atoms with Crippen LogP contribution in [0.25, 0.3) is 22.8 Å². The number of ether oxygens (including phenoxy) is 1. The summed E-state index contributed by atoms with van der Waals surface area (Å²) in [5, 5.41) is 2.73. The Labute approximate surface area is 234 Å². The molecule has 1 amide bonds. The Morgan fingerprint density at radius 3 is 2.58 bits per heavy atom. The highest BCUT2D eigenvalue weighted by atomic mass is 35.5. The van der Waals surface area contributed by atoms with E-state index in [0.717, 1.165) is 12.0 Å². The molecule has 0 aliphatic heterocycles. The van der Waals surface area contributed by atoms with E-state index >= 15 is 0 Å². The van der Waals surface area contributed by atoms with Gasteiger partial charge in [-0.1, -0.05) is 50.3 Å². The number of rotatable bonds is 9. The molecule has 0 bridgehead atoms. The first-order valence-corrected chi connectivity index (χ1v) is 13.7. The molecule has 0 atom stereocenters. The fourth-order valence-electron chi connectivity index (χ4n) is 4.99. The molecule has 214 valence electrons. The molecule has 0 saturated heterocycles. The molecule has 1 aliphatic carbocycles. The van der Waals surface area contributed by atoms with Crippen molar-refractivity contribution in [3.63, 3.8) is 0 Å². The fourth-order valence-corrected chi connectivity index (χ4v) is 5.19. The highest BCUT2D eigenvalue weighted by Crippen LogP contribution is 2.49.